The van der Waals surface area contributed by atoms with Crippen molar-refractivity contribution in [2.75, 3.05) is 13.7 Å². The summed E-state index contributed by atoms with van der Waals surface area (Å²) >= 11 is 0. The highest BCUT2D eigenvalue weighted by Crippen LogP contribution is 2.34. The molecular weight excluding hydrogens is 254 g/mol. The Bertz CT molecular complexity index is 595. The minimum absolute atomic E-state index is 0.286. The first-order valence-electron chi connectivity index (χ1n) is 6.78. The minimum Gasteiger partial charge on any atom is -0.497 e. The van der Waals surface area contributed by atoms with E-state index >= 15 is 0 Å². The van der Waals surface area contributed by atoms with Gasteiger partial charge in [-0.2, -0.15) is 5.10 Å². The van der Waals surface area contributed by atoms with Crippen LogP contribution in [0, 0.1) is 0 Å². The first-order valence-corrected chi connectivity index (χ1v) is 6.78. The lowest BCUT2D eigenvalue weighted by Crippen LogP contribution is -2.26. The van der Waals surface area contributed by atoms with Crippen molar-refractivity contribution in [3.63, 3.8) is 0 Å². The van der Waals surface area contributed by atoms with Crippen LogP contribution >= 0.6 is 0 Å². The van der Waals surface area contributed by atoms with Gasteiger partial charge in [0.25, 0.3) is 0 Å². The molecule has 5 heteroatoms. The zero-order valence-corrected chi connectivity index (χ0v) is 11.8. The molecule has 0 saturated heterocycles. The number of ether oxygens (including phenoxy) is 2. The molecule has 0 saturated carbocycles. The highest BCUT2D eigenvalue weighted by atomic mass is 16.5. The number of benzene rings is 1. The second-order valence-electron chi connectivity index (χ2n) is 5.00. The van der Waals surface area contributed by atoms with Gasteiger partial charge in [0.1, 0.15) is 11.5 Å². The average molecular weight is 273 g/mol. The fraction of sp³-hybridized carbons (Fsp3) is 0.400. The van der Waals surface area contributed by atoms with Crippen LogP contribution in [0.4, 0.5) is 0 Å². The van der Waals surface area contributed by atoms with Crippen molar-refractivity contribution in [2.45, 2.75) is 19.0 Å². The molecule has 106 valence electrons. The molecule has 1 aromatic heterocycles. The van der Waals surface area contributed by atoms with Crippen LogP contribution in [0.2, 0.25) is 0 Å². The van der Waals surface area contributed by atoms with Crippen LogP contribution < -0.4 is 14.8 Å². The lowest BCUT2D eigenvalue weighted by atomic mass is 10.00. The zero-order valence-electron chi connectivity index (χ0n) is 11.8. The van der Waals surface area contributed by atoms with Gasteiger partial charge in [0, 0.05) is 43.4 Å². The molecule has 2 aromatic rings. The number of aromatic nitrogens is 2. The van der Waals surface area contributed by atoms with Gasteiger partial charge < -0.3 is 14.8 Å². The number of hydrogen-bond acceptors (Lipinski definition) is 4. The zero-order chi connectivity index (χ0) is 13.9. The van der Waals surface area contributed by atoms with E-state index in [0.717, 1.165) is 31.1 Å². The molecule has 0 radical (unpaired) electrons. The maximum Gasteiger partial charge on any atom is 0.124 e. The number of rotatable bonds is 4. The van der Waals surface area contributed by atoms with Gasteiger partial charge in [-0.3, -0.25) is 4.68 Å². The Hall–Kier alpha value is -2.01. The molecule has 1 aromatic carbocycles. The van der Waals surface area contributed by atoms with E-state index in [9.17, 15) is 0 Å². The minimum atomic E-state index is 0.286. The smallest absolute Gasteiger partial charge is 0.124 e. The van der Waals surface area contributed by atoms with Crippen molar-refractivity contribution in [1.82, 2.24) is 15.1 Å². The van der Waals surface area contributed by atoms with Gasteiger partial charge >= 0.3 is 0 Å². The van der Waals surface area contributed by atoms with Gasteiger partial charge in [0.15, 0.2) is 0 Å². The number of methoxy groups -OCH3 is 1. The summed E-state index contributed by atoms with van der Waals surface area (Å²) in [7, 11) is 3.61. The number of hydrogen-bond donors (Lipinski definition) is 1. The molecule has 5 nitrogen and oxygen atoms in total. The summed E-state index contributed by atoms with van der Waals surface area (Å²) in [5.74, 6) is 1.81. The van der Waals surface area contributed by atoms with Crippen LogP contribution in [-0.4, -0.2) is 23.5 Å². The van der Waals surface area contributed by atoms with E-state index < -0.39 is 0 Å². The molecule has 1 aliphatic rings. The van der Waals surface area contributed by atoms with Crippen molar-refractivity contribution in [3.05, 3.63) is 41.7 Å². The summed E-state index contributed by atoms with van der Waals surface area (Å²) in [5, 5.41) is 7.75. The third kappa shape index (κ3) is 2.63. The average Bonchev–Trinajstić information content (AvgIpc) is 2.90. The summed E-state index contributed by atoms with van der Waals surface area (Å²) in [6.45, 7) is 1.54. The SMILES string of the molecule is COc1ccc2c(c1)C(NCc1cnn(C)c1)CCO2. The fourth-order valence-electron chi connectivity index (χ4n) is 2.52. The Morgan fingerprint density at radius 1 is 1.50 bits per heavy atom. The van der Waals surface area contributed by atoms with Gasteiger partial charge in [-0.15, -0.1) is 0 Å². The number of fused-ring (bicyclic) bond motifs is 1. The van der Waals surface area contributed by atoms with E-state index in [2.05, 4.69) is 16.5 Å². The molecule has 1 atom stereocenters. The lowest BCUT2D eigenvalue weighted by Gasteiger charge is -2.27. The van der Waals surface area contributed by atoms with Crippen molar-refractivity contribution < 1.29 is 9.47 Å². The van der Waals surface area contributed by atoms with Crippen LogP contribution in [0.1, 0.15) is 23.6 Å². The number of nitrogens with one attached hydrogen (secondary N) is 1. The first-order chi connectivity index (χ1) is 9.76. The molecule has 0 bridgehead atoms. The molecule has 0 fully saturated rings. The first kappa shape index (κ1) is 13.0. The van der Waals surface area contributed by atoms with Gasteiger partial charge in [-0.1, -0.05) is 0 Å². The molecule has 0 amide bonds. The quantitative estimate of drug-likeness (QED) is 0.926. The molecule has 0 aliphatic carbocycles. The predicted molar refractivity (Wildman–Crippen MR) is 75.9 cm³/mol. The standard InChI is InChI=1S/C15H19N3O2/c1-18-10-11(9-17-18)8-16-14-5-6-20-15-4-3-12(19-2)7-13(14)15/h3-4,7,9-10,14,16H,5-6,8H2,1-2H3. The van der Waals surface area contributed by atoms with Gasteiger partial charge in [-0.25, -0.2) is 0 Å². The van der Waals surface area contributed by atoms with E-state index in [1.807, 2.05) is 36.3 Å². The van der Waals surface area contributed by atoms with Crippen LogP contribution in [-0.2, 0) is 13.6 Å². The normalized spacial score (nSPS) is 17.4. The number of nitrogens with zero attached hydrogens (tertiary/aromatic N) is 2. The predicted octanol–water partition coefficient (Wildman–Crippen LogP) is 2.04. The van der Waals surface area contributed by atoms with Gasteiger partial charge in [0.05, 0.1) is 19.9 Å². The third-order valence-electron chi connectivity index (χ3n) is 3.57. The highest BCUT2D eigenvalue weighted by molar-refractivity contribution is 5.43. The van der Waals surface area contributed by atoms with Crippen LogP contribution in [0.25, 0.3) is 0 Å². The van der Waals surface area contributed by atoms with Gasteiger partial charge in [0.2, 0.25) is 0 Å². The second kappa shape index (κ2) is 5.54. The maximum atomic E-state index is 5.70. The van der Waals surface area contributed by atoms with E-state index in [-0.39, 0.29) is 6.04 Å². The Morgan fingerprint density at radius 2 is 2.40 bits per heavy atom. The second-order valence-corrected chi connectivity index (χ2v) is 5.00. The molecular formula is C15H19N3O2. The van der Waals surface area contributed by atoms with E-state index in [1.165, 1.54) is 11.1 Å². The van der Waals surface area contributed by atoms with Crippen molar-refractivity contribution in [1.29, 1.82) is 0 Å². The summed E-state index contributed by atoms with van der Waals surface area (Å²) in [6, 6.07) is 6.25. The Kier molecular flexibility index (Phi) is 3.60. The highest BCUT2D eigenvalue weighted by Gasteiger charge is 2.21. The van der Waals surface area contributed by atoms with Crippen LogP contribution in [0.5, 0.6) is 11.5 Å². The largest absolute Gasteiger partial charge is 0.497 e. The summed E-state index contributed by atoms with van der Waals surface area (Å²) in [5.41, 5.74) is 2.35. The molecule has 1 N–H and O–H groups in total. The fourth-order valence-corrected chi connectivity index (χ4v) is 2.52. The van der Waals surface area contributed by atoms with E-state index in [4.69, 9.17) is 9.47 Å². The Balaban J connectivity index is 1.75. The van der Waals surface area contributed by atoms with Gasteiger partial charge in [-0.05, 0) is 18.2 Å². The Morgan fingerprint density at radius 3 is 3.15 bits per heavy atom. The molecule has 2 heterocycles. The van der Waals surface area contributed by atoms with E-state index in [1.54, 1.807) is 7.11 Å². The molecule has 0 spiro atoms. The van der Waals surface area contributed by atoms with Crippen LogP contribution in [0.15, 0.2) is 30.6 Å². The monoisotopic (exact) mass is 273 g/mol. The molecule has 20 heavy (non-hydrogen) atoms. The Labute approximate surface area is 118 Å². The maximum absolute atomic E-state index is 5.70. The number of aryl methyl sites for hydroxylation is 1. The molecule has 1 unspecified atom stereocenters. The summed E-state index contributed by atoms with van der Waals surface area (Å²) in [4.78, 5) is 0. The molecule has 1 aliphatic heterocycles. The summed E-state index contributed by atoms with van der Waals surface area (Å²) < 4.78 is 12.8. The van der Waals surface area contributed by atoms with E-state index in [0.29, 0.717) is 0 Å². The third-order valence-corrected chi connectivity index (χ3v) is 3.57. The lowest BCUT2D eigenvalue weighted by molar-refractivity contribution is 0.251. The van der Waals surface area contributed by atoms with Crippen molar-refractivity contribution >= 4 is 0 Å². The van der Waals surface area contributed by atoms with Crippen molar-refractivity contribution in [2.24, 2.45) is 7.05 Å². The topological polar surface area (TPSA) is 48.3 Å². The molecule has 3 rings (SSSR count). The van der Waals surface area contributed by atoms with Crippen molar-refractivity contribution in [3.8, 4) is 11.5 Å². The summed E-state index contributed by atoms with van der Waals surface area (Å²) in [6.07, 6.45) is 4.87. The van der Waals surface area contributed by atoms with Crippen LogP contribution in [0.3, 0.4) is 0 Å².